The molecule has 6 heterocycles. The highest BCUT2D eigenvalue weighted by molar-refractivity contribution is 5.82. The Morgan fingerprint density at radius 3 is 0.971 bits per heavy atom. The lowest BCUT2D eigenvalue weighted by molar-refractivity contribution is 0.479. The molecule has 0 saturated heterocycles. The second-order valence-corrected chi connectivity index (χ2v) is 16.4. The van der Waals surface area contributed by atoms with Crippen LogP contribution < -0.4 is 9.47 Å². The second-order valence-electron chi connectivity index (χ2n) is 16.4. The first-order chi connectivity index (χ1) is 33.6. The van der Waals surface area contributed by atoms with Crippen molar-refractivity contribution in [2.45, 2.75) is 0 Å². The molecule has 13 rings (SSSR count). The maximum atomic E-state index is 6.66. The molecule has 0 bridgehead atoms. The third-order valence-corrected chi connectivity index (χ3v) is 12.1. The molecule has 0 atom stereocenters. The van der Waals surface area contributed by atoms with Gasteiger partial charge in [0.15, 0.2) is 0 Å². The summed E-state index contributed by atoms with van der Waals surface area (Å²) in [6, 6.07) is 57.3. The number of benzene rings is 7. The van der Waals surface area contributed by atoms with Gasteiger partial charge in [0.2, 0.25) is 0 Å². The summed E-state index contributed by atoms with van der Waals surface area (Å²) in [5.74, 6) is 2.48. The van der Waals surface area contributed by atoms with Gasteiger partial charge in [0.1, 0.15) is 48.3 Å². The topological polar surface area (TPSA) is 116 Å². The molecule has 0 N–H and O–H groups in total. The van der Waals surface area contributed by atoms with Crippen LogP contribution in [0.1, 0.15) is 0 Å². The number of ether oxygens (including phenoxy) is 2. The number of imidazole rings is 4. The minimum atomic E-state index is 0.593. The van der Waals surface area contributed by atoms with Crippen LogP contribution in [0, 0.1) is 0 Å². The van der Waals surface area contributed by atoms with E-state index in [2.05, 4.69) is 89.7 Å². The quantitative estimate of drug-likeness (QED) is 0.133. The summed E-state index contributed by atoms with van der Waals surface area (Å²) in [5, 5.41) is 0. The van der Waals surface area contributed by atoms with E-state index >= 15 is 0 Å². The van der Waals surface area contributed by atoms with Gasteiger partial charge in [-0.2, -0.15) is 0 Å². The molecule has 6 aromatic heterocycles. The summed E-state index contributed by atoms with van der Waals surface area (Å²) < 4.78 is 21.5. The highest BCUT2D eigenvalue weighted by Crippen LogP contribution is 2.37. The van der Waals surface area contributed by atoms with E-state index in [0.717, 1.165) is 89.1 Å². The van der Waals surface area contributed by atoms with Crippen LogP contribution >= 0.6 is 0 Å². The predicted octanol–water partition coefficient (Wildman–Crippen LogP) is 12.8. The zero-order valence-electron chi connectivity index (χ0n) is 36.1. The summed E-state index contributed by atoms with van der Waals surface area (Å²) in [4.78, 5) is 27.7. The van der Waals surface area contributed by atoms with Gasteiger partial charge in [-0.05, 0) is 95.1 Å². The molecular formula is C56H36N10O2. The Balaban J connectivity index is 0.871. The van der Waals surface area contributed by atoms with E-state index in [1.165, 1.54) is 0 Å². The third kappa shape index (κ3) is 7.05. The van der Waals surface area contributed by atoms with E-state index in [4.69, 9.17) is 19.4 Å². The normalized spacial score (nSPS) is 11.5. The highest BCUT2D eigenvalue weighted by atomic mass is 16.5. The van der Waals surface area contributed by atoms with E-state index in [9.17, 15) is 0 Å². The van der Waals surface area contributed by atoms with Crippen molar-refractivity contribution < 1.29 is 9.47 Å². The lowest BCUT2D eigenvalue weighted by Gasteiger charge is -2.15. The molecule has 0 fully saturated rings. The first kappa shape index (κ1) is 38.8. The molecule has 0 radical (unpaired) electrons. The zero-order chi connectivity index (χ0) is 45.0. The summed E-state index contributed by atoms with van der Waals surface area (Å²) in [6.07, 6.45) is 14.4. The minimum absolute atomic E-state index is 0.593. The molecule has 68 heavy (non-hydrogen) atoms. The van der Waals surface area contributed by atoms with Gasteiger partial charge in [-0.3, -0.25) is 28.2 Å². The molecule has 13 aromatic rings. The Morgan fingerprint density at radius 2 is 0.603 bits per heavy atom. The monoisotopic (exact) mass is 880 g/mol. The summed E-state index contributed by atoms with van der Waals surface area (Å²) >= 11 is 0. The molecule has 0 spiro atoms. The number of hydrogen-bond donors (Lipinski definition) is 0. The molecule has 0 amide bonds. The average molecular weight is 881 g/mol. The summed E-state index contributed by atoms with van der Waals surface area (Å²) in [7, 11) is 0. The van der Waals surface area contributed by atoms with Crippen LogP contribution in [0.5, 0.6) is 23.0 Å². The van der Waals surface area contributed by atoms with Crippen molar-refractivity contribution in [1.82, 2.24) is 48.2 Å². The van der Waals surface area contributed by atoms with Gasteiger partial charge in [-0.25, -0.2) is 19.9 Å². The van der Waals surface area contributed by atoms with Crippen molar-refractivity contribution in [2.24, 2.45) is 0 Å². The van der Waals surface area contributed by atoms with Crippen LogP contribution in [-0.4, -0.2) is 48.2 Å². The fourth-order valence-corrected chi connectivity index (χ4v) is 8.87. The molecule has 322 valence electrons. The molecule has 0 saturated carbocycles. The Bertz CT molecular complexity index is 3760. The second kappa shape index (κ2) is 16.1. The smallest absolute Gasteiger partial charge is 0.147 e. The molecule has 0 aliphatic carbocycles. The van der Waals surface area contributed by atoms with Gasteiger partial charge in [-0.1, -0.05) is 72.8 Å². The lowest BCUT2D eigenvalue weighted by Crippen LogP contribution is -1.97. The minimum Gasteiger partial charge on any atom is -0.456 e. The van der Waals surface area contributed by atoms with Crippen LogP contribution in [0.4, 0.5) is 0 Å². The van der Waals surface area contributed by atoms with Crippen molar-refractivity contribution in [3.8, 4) is 68.0 Å². The molecule has 0 aliphatic heterocycles. The SMILES string of the molecule is c1ccc2c(c1)ncn2-c1cncc(Oc2cc(-c3ccc(-c4cc(Oc5cncc(-n6cnc7ccccc76)c5)cc(-n5cnc6ccccc65)c4)cc3)cc(-n3cnc4ccccc43)c2)c1. The Hall–Kier alpha value is -9.68. The molecule has 0 aliphatic rings. The van der Waals surface area contributed by atoms with Crippen LogP contribution in [0.25, 0.3) is 89.1 Å². The number of para-hydroxylation sites is 8. The van der Waals surface area contributed by atoms with Gasteiger partial charge in [0.25, 0.3) is 0 Å². The third-order valence-electron chi connectivity index (χ3n) is 12.1. The maximum Gasteiger partial charge on any atom is 0.147 e. The summed E-state index contributed by atoms with van der Waals surface area (Å²) in [6.45, 7) is 0. The van der Waals surface area contributed by atoms with E-state index in [0.29, 0.717) is 23.0 Å². The number of rotatable bonds is 10. The Labute approximate surface area is 388 Å². The number of pyridine rings is 2. The van der Waals surface area contributed by atoms with Crippen molar-refractivity contribution in [2.75, 3.05) is 0 Å². The van der Waals surface area contributed by atoms with Gasteiger partial charge in [0, 0.05) is 24.3 Å². The molecule has 7 aromatic carbocycles. The molecular weight excluding hydrogens is 845 g/mol. The van der Waals surface area contributed by atoms with Crippen LogP contribution in [0.15, 0.2) is 220 Å². The van der Waals surface area contributed by atoms with Gasteiger partial charge in [-0.15, -0.1) is 0 Å². The fraction of sp³-hybridized carbons (Fsp3) is 0. The van der Waals surface area contributed by atoms with Gasteiger partial charge in [0.05, 0.1) is 91.7 Å². The number of aromatic nitrogens is 10. The van der Waals surface area contributed by atoms with Crippen LogP contribution in [-0.2, 0) is 0 Å². The van der Waals surface area contributed by atoms with Gasteiger partial charge < -0.3 is 9.47 Å². The maximum absolute atomic E-state index is 6.66. The van der Waals surface area contributed by atoms with E-state index in [-0.39, 0.29) is 0 Å². The van der Waals surface area contributed by atoms with E-state index in [1.807, 2.05) is 156 Å². The predicted molar refractivity (Wildman–Crippen MR) is 264 cm³/mol. The molecule has 12 heteroatoms. The van der Waals surface area contributed by atoms with E-state index in [1.54, 1.807) is 12.4 Å². The van der Waals surface area contributed by atoms with E-state index < -0.39 is 0 Å². The largest absolute Gasteiger partial charge is 0.456 e. The summed E-state index contributed by atoms with van der Waals surface area (Å²) in [5.41, 5.74) is 15.0. The fourth-order valence-electron chi connectivity index (χ4n) is 8.87. The zero-order valence-corrected chi connectivity index (χ0v) is 36.1. The number of hydrogen-bond acceptors (Lipinski definition) is 8. The lowest BCUT2D eigenvalue weighted by atomic mass is 9.99. The molecule has 12 nitrogen and oxygen atoms in total. The number of fused-ring (bicyclic) bond motifs is 4. The van der Waals surface area contributed by atoms with Crippen molar-refractivity contribution in [3.63, 3.8) is 0 Å². The Morgan fingerprint density at radius 1 is 0.279 bits per heavy atom. The Kier molecular flexibility index (Phi) is 9.17. The standard InChI is InChI=1S/C56H36N10O2/c1-5-13-53-49(9-1)59-33-63(53)41-21-39(23-45(25-41)67-47-27-43(29-57-31-47)65-35-61-51-11-3-7-15-55(51)65)37-17-19-38(20-18-37)40-22-42(64-34-60-50-10-2-6-14-54(50)64)26-46(24-40)68-48-28-44(30-58-32-48)66-36-62-52-12-4-8-16-56(52)66/h1-36H. The van der Waals surface area contributed by atoms with Crippen molar-refractivity contribution >= 4 is 44.1 Å². The van der Waals surface area contributed by atoms with Crippen molar-refractivity contribution in [3.05, 3.63) is 220 Å². The number of nitrogens with zero attached hydrogens (tertiary/aromatic N) is 10. The first-order valence-electron chi connectivity index (χ1n) is 22.0. The van der Waals surface area contributed by atoms with Gasteiger partial charge >= 0.3 is 0 Å². The average Bonchev–Trinajstić information content (AvgIpc) is 4.22. The molecule has 0 unspecified atom stereocenters. The van der Waals surface area contributed by atoms with Crippen LogP contribution in [0.3, 0.4) is 0 Å². The van der Waals surface area contributed by atoms with Crippen molar-refractivity contribution in [1.29, 1.82) is 0 Å². The van der Waals surface area contributed by atoms with Crippen LogP contribution in [0.2, 0.25) is 0 Å². The first-order valence-corrected chi connectivity index (χ1v) is 22.0. The highest BCUT2D eigenvalue weighted by Gasteiger charge is 2.15.